The Hall–Kier alpha value is -2.98. The molecule has 0 fully saturated rings. The minimum Gasteiger partial charge on any atom is -0.324 e. The number of halogens is 1. The Labute approximate surface area is 159 Å². The molecule has 0 bridgehead atoms. The van der Waals surface area contributed by atoms with Crippen LogP contribution in [0.3, 0.4) is 0 Å². The van der Waals surface area contributed by atoms with Crippen LogP contribution in [0.4, 0.5) is 10.1 Å². The van der Waals surface area contributed by atoms with Crippen LogP contribution in [0.2, 0.25) is 0 Å². The van der Waals surface area contributed by atoms with E-state index in [-0.39, 0.29) is 17.8 Å². The Morgan fingerprint density at radius 3 is 2.30 bits per heavy atom. The van der Waals surface area contributed by atoms with Crippen molar-refractivity contribution < 1.29 is 9.18 Å². The number of amides is 1. The molecular formula is C23H23FN2O. The van der Waals surface area contributed by atoms with Crippen molar-refractivity contribution in [1.29, 1.82) is 0 Å². The summed E-state index contributed by atoms with van der Waals surface area (Å²) in [7, 11) is 1.89. The maximum Gasteiger partial charge on any atom is 0.241 e. The Kier molecular flexibility index (Phi) is 5.99. The normalized spacial score (nSPS) is 12.0. The van der Waals surface area contributed by atoms with Crippen LogP contribution >= 0.6 is 0 Å². The smallest absolute Gasteiger partial charge is 0.241 e. The minimum atomic E-state index is -0.334. The van der Waals surface area contributed by atoms with Gasteiger partial charge in [0.15, 0.2) is 0 Å². The molecular weight excluding hydrogens is 339 g/mol. The van der Waals surface area contributed by atoms with E-state index in [0.717, 1.165) is 22.4 Å². The van der Waals surface area contributed by atoms with E-state index >= 15 is 0 Å². The Balaban J connectivity index is 1.70. The number of hydrogen-bond acceptors (Lipinski definition) is 2. The molecule has 0 saturated heterocycles. The number of hydrogen-bond donors (Lipinski definition) is 1. The van der Waals surface area contributed by atoms with Crippen molar-refractivity contribution in [3.8, 4) is 11.1 Å². The first-order valence-electron chi connectivity index (χ1n) is 8.94. The van der Waals surface area contributed by atoms with E-state index in [1.54, 1.807) is 12.1 Å². The molecule has 0 aliphatic carbocycles. The standard InChI is InChI=1S/C23H23FN2O/c1-17(26(2)16-18-12-14-20(24)15-13-18)23(27)25-22-11-7-6-10-21(22)19-8-4-3-5-9-19/h3-15,17H,16H2,1-2H3,(H,25,27)/t17-/m0/s1. The van der Waals surface area contributed by atoms with Crippen molar-refractivity contribution >= 4 is 11.6 Å². The number of nitrogens with zero attached hydrogens (tertiary/aromatic N) is 1. The summed E-state index contributed by atoms with van der Waals surface area (Å²) >= 11 is 0. The Morgan fingerprint density at radius 2 is 1.59 bits per heavy atom. The van der Waals surface area contributed by atoms with Crippen LogP contribution in [-0.2, 0) is 11.3 Å². The third-order valence-electron chi connectivity index (χ3n) is 4.66. The van der Waals surface area contributed by atoms with Gasteiger partial charge in [-0.15, -0.1) is 0 Å². The predicted molar refractivity (Wildman–Crippen MR) is 108 cm³/mol. The van der Waals surface area contributed by atoms with Gasteiger partial charge in [0.1, 0.15) is 5.82 Å². The number of benzene rings is 3. The van der Waals surface area contributed by atoms with Gasteiger partial charge in [-0.1, -0.05) is 60.7 Å². The summed E-state index contributed by atoms with van der Waals surface area (Å²) in [5.41, 5.74) is 3.79. The number of likely N-dealkylation sites (N-methyl/N-ethyl adjacent to an activating group) is 1. The van der Waals surface area contributed by atoms with Gasteiger partial charge in [0.25, 0.3) is 0 Å². The van der Waals surface area contributed by atoms with Crippen molar-refractivity contribution in [2.24, 2.45) is 0 Å². The lowest BCUT2D eigenvalue weighted by Crippen LogP contribution is -2.39. The second-order valence-corrected chi connectivity index (χ2v) is 6.62. The molecule has 0 unspecified atom stereocenters. The topological polar surface area (TPSA) is 32.3 Å². The van der Waals surface area contributed by atoms with E-state index in [1.807, 2.05) is 73.5 Å². The van der Waals surface area contributed by atoms with E-state index < -0.39 is 0 Å². The maximum atomic E-state index is 13.1. The number of para-hydroxylation sites is 1. The number of carbonyl (C=O) groups excluding carboxylic acids is 1. The lowest BCUT2D eigenvalue weighted by atomic mass is 10.0. The monoisotopic (exact) mass is 362 g/mol. The second kappa shape index (κ2) is 8.60. The SMILES string of the molecule is C[C@@H](C(=O)Nc1ccccc1-c1ccccc1)N(C)Cc1ccc(F)cc1. The van der Waals surface area contributed by atoms with Crippen molar-refractivity contribution in [3.63, 3.8) is 0 Å². The minimum absolute atomic E-state index is 0.0806. The third-order valence-corrected chi connectivity index (χ3v) is 4.66. The molecule has 0 saturated carbocycles. The van der Waals surface area contributed by atoms with Gasteiger partial charge in [-0.3, -0.25) is 9.69 Å². The van der Waals surface area contributed by atoms with E-state index in [2.05, 4.69) is 5.32 Å². The molecule has 27 heavy (non-hydrogen) atoms. The molecule has 0 aliphatic rings. The molecule has 0 aromatic heterocycles. The maximum absolute atomic E-state index is 13.1. The van der Waals surface area contributed by atoms with Gasteiger partial charge < -0.3 is 5.32 Å². The van der Waals surface area contributed by atoms with Gasteiger partial charge in [0.05, 0.1) is 6.04 Å². The average molecular weight is 362 g/mol. The molecule has 3 nitrogen and oxygen atoms in total. The van der Waals surface area contributed by atoms with Crippen LogP contribution in [0.15, 0.2) is 78.9 Å². The molecule has 4 heteroatoms. The van der Waals surface area contributed by atoms with Gasteiger partial charge in [0, 0.05) is 17.8 Å². The van der Waals surface area contributed by atoms with Crippen LogP contribution in [0.5, 0.6) is 0 Å². The Bertz CT molecular complexity index is 894. The average Bonchev–Trinajstić information content (AvgIpc) is 2.70. The summed E-state index contributed by atoms with van der Waals surface area (Å²) in [4.78, 5) is 14.7. The quantitative estimate of drug-likeness (QED) is 0.673. The fraction of sp³-hybridized carbons (Fsp3) is 0.174. The summed E-state index contributed by atoms with van der Waals surface area (Å²) in [5, 5.41) is 3.04. The van der Waals surface area contributed by atoms with Crippen LogP contribution in [-0.4, -0.2) is 23.9 Å². The summed E-state index contributed by atoms with van der Waals surface area (Å²) in [6.07, 6.45) is 0. The van der Waals surface area contributed by atoms with Crippen molar-refractivity contribution in [1.82, 2.24) is 4.90 Å². The fourth-order valence-corrected chi connectivity index (χ4v) is 2.91. The van der Waals surface area contributed by atoms with Crippen molar-refractivity contribution in [3.05, 3.63) is 90.2 Å². The lowest BCUT2D eigenvalue weighted by molar-refractivity contribution is -0.120. The highest BCUT2D eigenvalue weighted by molar-refractivity contribution is 5.98. The molecule has 0 radical (unpaired) electrons. The van der Waals surface area contributed by atoms with E-state index in [9.17, 15) is 9.18 Å². The van der Waals surface area contributed by atoms with Crippen molar-refractivity contribution in [2.75, 3.05) is 12.4 Å². The molecule has 3 aromatic rings. The largest absolute Gasteiger partial charge is 0.324 e. The highest BCUT2D eigenvalue weighted by Gasteiger charge is 2.19. The second-order valence-electron chi connectivity index (χ2n) is 6.62. The summed E-state index contributed by atoms with van der Waals surface area (Å²) in [6, 6.07) is 23.8. The van der Waals surface area contributed by atoms with E-state index in [4.69, 9.17) is 0 Å². The predicted octanol–water partition coefficient (Wildman–Crippen LogP) is 4.95. The zero-order chi connectivity index (χ0) is 19.2. The molecule has 1 N–H and O–H groups in total. The highest BCUT2D eigenvalue weighted by atomic mass is 19.1. The van der Waals surface area contributed by atoms with Gasteiger partial charge in [-0.05, 0) is 43.3 Å². The summed E-state index contributed by atoms with van der Waals surface area (Å²) in [5.74, 6) is -0.340. The van der Waals surface area contributed by atoms with Crippen molar-refractivity contribution in [2.45, 2.75) is 19.5 Å². The molecule has 138 valence electrons. The molecule has 3 aromatic carbocycles. The van der Waals surface area contributed by atoms with Gasteiger partial charge in [-0.2, -0.15) is 0 Å². The third kappa shape index (κ3) is 4.80. The summed E-state index contributed by atoms with van der Waals surface area (Å²) in [6.45, 7) is 2.43. The van der Waals surface area contributed by atoms with E-state index in [1.165, 1.54) is 12.1 Å². The molecule has 1 atom stereocenters. The van der Waals surface area contributed by atoms with Crippen LogP contribution < -0.4 is 5.32 Å². The molecule has 0 spiro atoms. The van der Waals surface area contributed by atoms with Gasteiger partial charge >= 0.3 is 0 Å². The van der Waals surface area contributed by atoms with Crippen LogP contribution in [0.25, 0.3) is 11.1 Å². The molecule has 1 amide bonds. The first-order valence-corrected chi connectivity index (χ1v) is 8.94. The first-order chi connectivity index (χ1) is 13.0. The first kappa shape index (κ1) is 18.8. The zero-order valence-electron chi connectivity index (χ0n) is 15.5. The van der Waals surface area contributed by atoms with Crippen LogP contribution in [0, 0.1) is 5.82 Å². The van der Waals surface area contributed by atoms with Crippen LogP contribution in [0.1, 0.15) is 12.5 Å². The number of carbonyl (C=O) groups is 1. The molecule has 0 heterocycles. The number of anilines is 1. The molecule has 0 aliphatic heterocycles. The summed E-state index contributed by atoms with van der Waals surface area (Å²) < 4.78 is 13.1. The number of nitrogens with one attached hydrogen (secondary N) is 1. The molecule has 3 rings (SSSR count). The lowest BCUT2D eigenvalue weighted by Gasteiger charge is -2.24. The van der Waals surface area contributed by atoms with Gasteiger partial charge in [-0.25, -0.2) is 4.39 Å². The highest BCUT2D eigenvalue weighted by Crippen LogP contribution is 2.27. The zero-order valence-corrected chi connectivity index (χ0v) is 15.5. The Morgan fingerprint density at radius 1 is 0.963 bits per heavy atom. The number of rotatable bonds is 6. The fourth-order valence-electron chi connectivity index (χ4n) is 2.91. The van der Waals surface area contributed by atoms with E-state index in [0.29, 0.717) is 6.54 Å². The van der Waals surface area contributed by atoms with Gasteiger partial charge in [0.2, 0.25) is 5.91 Å².